The van der Waals surface area contributed by atoms with E-state index in [1.165, 1.54) is 0 Å². The summed E-state index contributed by atoms with van der Waals surface area (Å²) in [5, 5.41) is 9.66. The normalized spacial score (nSPS) is 22.1. The Balaban J connectivity index is 1.76. The maximum atomic E-state index is 13.0. The molecule has 3 heterocycles. The largest absolute Gasteiger partial charge is 0.466 e. The lowest BCUT2D eigenvalue weighted by molar-refractivity contribution is -0.150. The van der Waals surface area contributed by atoms with Crippen LogP contribution in [0.1, 0.15) is 49.6 Å². The Labute approximate surface area is 178 Å². The van der Waals surface area contributed by atoms with Crippen LogP contribution >= 0.6 is 0 Å². The minimum atomic E-state index is -0.324. The molecule has 2 unspecified atom stereocenters. The molecule has 1 amide bonds. The third kappa shape index (κ3) is 4.93. The van der Waals surface area contributed by atoms with Crippen molar-refractivity contribution in [3.63, 3.8) is 0 Å². The molecule has 3 rings (SSSR count). The van der Waals surface area contributed by atoms with Crippen LogP contribution in [0.25, 0.3) is 6.08 Å². The number of amides is 1. The van der Waals surface area contributed by atoms with Crippen molar-refractivity contribution in [2.75, 3.05) is 26.3 Å². The fourth-order valence-electron chi connectivity index (χ4n) is 4.33. The van der Waals surface area contributed by atoms with Gasteiger partial charge in [0.05, 0.1) is 18.6 Å². The van der Waals surface area contributed by atoms with E-state index in [1.807, 2.05) is 19.9 Å². The number of likely N-dealkylation sites (tertiary alicyclic amines) is 1. The molecule has 1 aromatic heterocycles. The van der Waals surface area contributed by atoms with E-state index >= 15 is 0 Å². The summed E-state index contributed by atoms with van der Waals surface area (Å²) in [6, 6.07) is 4.07. The molecule has 162 valence electrons. The number of piperidine rings is 1. The van der Waals surface area contributed by atoms with Crippen molar-refractivity contribution in [2.24, 2.45) is 5.92 Å². The Morgan fingerprint density at radius 1 is 1.33 bits per heavy atom. The lowest BCUT2D eigenvalue weighted by Crippen LogP contribution is -2.43. The summed E-state index contributed by atoms with van der Waals surface area (Å²) < 4.78 is 13.1. The summed E-state index contributed by atoms with van der Waals surface area (Å²) >= 11 is 0. The number of carbonyl (C=O) groups excluding carboxylic acids is 2. The SMILES string of the molecule is CCOC(=O)C1CCCN(C(=O)/C(C#N)=C/c2cc(C)n(CC3CCCO3)c2C)C1. The average Bonchev–Trinajstić information content (AvgIpc) is 3.35. The summed E-state index contributed by atoms with van der Waals surface area (Å²) in [5.41, 5.74) is 3.07. The minimum Gasteiger partial charge on any atom is -0.466 e. The Hall–Kier alpha value is -2.59. The lowest BCUT2D eigenvalue weighted by atomic mass is 9.97. The average molecular weight is 414 g/mol. The first-order valence-corrected chi connectivity index (χ1v) is 10.8. The zero-order valence-electron chi connectivity index (χ0n) is 18.1. The molecular formula is C23H31N3O4. The molecule has 2 aliphatic rings. The standard InChI is InChI=1S/C23H31N3O4/c1-4-29-23(28)18-7-5-9-25(14-18)22(27)20(13-24)12-19-11-16(2)26(17(19)3)15-21-8-6-10-30-21/h11-12,18,21H,4-10,14-15H2,1-3H3/b20-12+. The number of hydrogen-bond acceptors (Lipinski definition) is 5. The molecule has 0 aliphatic carbocycles. The van der Waals surface area contributed by atoms with Gasteiger partial charge in [-0.05, 0) is 64.2 Å². The highest BCUT2D eigenvalue weighted by molar-refractivity contribution is 6.02. The predicted molar refractivity (Wildman–Crippen MR) is 112 cm³/mol. The Bertz CT molecular complexity index is 859. The number of aromatic nitrogens is 1. The van der Waals surface area contributed by atoms with E-state index in [2.05, 4.69) is 10.6 Å². The summed E-state index contributed by atoms with van der Waals surface area (Å²) in [7, 11) is 0. The summed E-state index contributed by atoms with van der Waals surface area (Å²) in [4.78, 5) is 26.7. The molecule has 2 fully saturated rings. The van der Waals surface area contributed by atoms with Gasteiger partial charge in [-0.25, -0.2) is 0 Å². The Morgan fingerprint density at radius 3 is 2.80 bits per heavy atom. The number of nitriles is 1. The van der Waals surface area contributed by atoms with Crippen LogP contribution < -0.4 is 0 Å². The predicted octanol–water partition coefficient (Wildman–Crippen LogP) is 2.99. The monoisotopic (exact) mass is 413 g/mol. The first-order chi connectivity index (χ1) is 14.4. The molecule has 0 aromatic carbocycles. The third-order valence-electron chi connectivity index (χ3n) is 6.00. The number of ether oxygens (including phenoxy) is 2. The fourth-order valence-corrected chi connectivity index (χ4v) is 4.33. The molecule has 1 aromatic rings. The highest BCUT2D eigenvalue weighted by Gasteiger charge is 2.30. The van der Waals surface area contributed by atoms with Gasteiger partial charge in [0.1, 0.15) is 11.6 Å². The third-order valence-corrected chi connectivity index (χ3v) is 6.00. The van der Waals surface area contributed by atoms with E-state index in [1.54, 1.807) is 17.9 Å². The number of carbonyl (C=O) groups is 2. The van der Waals surface area contributed by atoms with E-state index in [0.29, 0.717) is 26.1 Å². The van der Waals surface area contributed by atoms with Crippen molar-refractivity contribution in [3.8, 4) is 6.07 Å². The second-order valence-electron chi connectivity index (χ2n) is 8.08. The highest BCUT2D eigenvalue weighted by atomic mass is 16.5. The Kier molecular flexibility index (Phi) is 7.33. The summed E-state index contributed by atoms with van der Waals surface area (Å²) in [5.74, 6) is -0.912. The van der Waals surface area contributed by atoms with Gasteiger partial charge in [0.2, 0.25) is 0 Å². The summed E-state index contributed by atoms with van der Waals surface area (Å²) in [6.07, 6.45) is 5.47. The van der Waals surface area contributed by atoms with Crippen molar-refractivity contribution in [1.82, 2.24) is 9.47 Å². The van der Waals surface area contributed by atoms with Crippen LogP contribution in [-0.2, 0) is 25.6 Å². The molecule has 0 radical (unpaired) electrons. The van der Waals surface area contributed by atoms with Crippen LogP contribution in [0.15, 0.2) is 11.6 Å². The van der Waals surface area contributed by atoms with Crippen molar-refractivity contribution in [1.29, 1.82) is 5.26 Å². The lowest BCUT2D eigenvalue weighted by Gasteiger charge is -2.31. The number of hydrogen-bond donors (Lipinski definition) is 0. The highest BCUT2D eigenvalue weighted by Crippen LogP contribution is 2.24. The smallest absolute Gasteiger partial charge is 0.310 e. The van der Waals surface area contributed by atoms with Gasteiger partial charge < -0.3 is 18.9 Å². The van der Waals surface area contributed by atoms with Crippen LogP contribution in [0.2, 0.25) is 0 Å². The van der Waals surface area contributed by atoms with Gasteiger partial charge in [0.25, 0.3) is 5.91 Å². The second-order valence-corrected chi connectivity index (χ2v) is 8.08. The topological polar surface area (TPSA) is 84.6 Å². The quantitative estimate of drug-likeness (QED) is 0.407. The molecule has 0 N–H and O–H groups in total. The van der Waals surface area contributed by atoms with E-state index in [0.717, 1.165) is 49.4 Å². The van der Waals surface area contributed by atoms with E-state index in [4.69, 9.17) is 9.47 Å². The fraction of sp³-hybridized carbons (Fsp3) is 0.609. The first-order valence-electron chi connectivity index (χ1n) is 10.8. The van der Waals surface area contributed by atoms with Crippen molar-refractivity contribution >= 4 is 18.0 Å². The zero-order chi connectivity index (χ0) is 21.7. The number of rotatable bonds is 6. The molecule has 7 nitrogen and oxygen atoms in total. The van der Waals surface area contributed by atoms with E-state index in [9.17, 15) is 14.9 Å². The van der Waals surface area contributed by atoms with Crippen molar-refractivity contribution < 1.29 is 19.1 Å². The van der Waals surface area contributed by atoms with Gasteiger partial charge in [-0.15, -0.1) is 0 Å². The van der Waals surface area contributed by atoms with Crippen molar-refractivity contribution in [2.45, 2.75) is 59.1 Å². The van der Waals surface area contributed by atoms with Crippen LogP contribution in [0, 0.1) is 31.1 Å². The molecule has 0 bridgehead atoms. The van der Waals surface area contributed by atoms with Crippen LogP contribution in [0.4, 0.5) is 0 Å². The number of esters is 1. The minimum absolute atomic E-state index is 0.0943. The van der Waals surface area contributed by atoms with Gasteiger partial charge in [-0.3, -0.25) is 9.59 Å². The summed E-state index contributed by atoms with van der Waals surface area (Å²) in [6.45, 7) is 8.58. The van der Waals surface area contributed by atoms with E-state index in [-0.39, 0.29) is 29.5 Å². The maximum Gasteiger partial charge on any atom is 0.310 e. The number of nitrogens with zero attached hydrogens (tertiary/aromatic N) is 3. The van der Waals surface area contributed by atoms with Crippen molar-refractivity contribution in [3.05, 3.63) is 28.6 Å². The molecule has 2 aliphatic heterocycles. The van der Waals surface area contributed by atoms with Gasteiger partial charge >= 0.3 is 5.97 Å². The zero-order valence-corrected chi connectivity index (χ0v) is 18.1. The Morgan fingerprint density at radius 2 is 2.13 bits per heavy atom. The second kappa shape index (κ2) is 9.94. The van der Waals surface area contributed by atoms with Crippen LogP contribution in [0.5, 0.6) is 0 Å². The molecule has 30 heavy (non-hydrogen) atoms. The van der Waals surface area contributed by atoms with Gasteiger partial charge in [-0.2, -0.15) is 5.26 Å². The van der Waals surface area contributed by atoms with Gasteiger partial charge in [-0.1, -0.05) is 0 Å². The molecule has 7 heteroatoms. The molecule has 2 saturated heterocycles. The first kappa shape index (κ1) is 22.1. The molecule has 0 spiro atoms. The van der Waals surface area contributed by atoms with Crippen LogP contribution in [0.3, 0.4) is 0 Å². The molecule has 0 saturated carbocycles. The van der Waals surface area contributed by atoms with Gasteiger partial charge in [0, 0.05) is 37.6 Å². The van der Waals surface area contributed by atoms with E-state index < -0.39 is 0 Å². The van der Waals surface area contributed by atoms with Gasteiger partial charge in [0.15, 0.2) is 0 Å². The van der Waals surface area contributed by atoms with Crippen LogP contribution in [-0.4, -0.2) is 53.8 Å². The molecular weight excluding hydrogens is 382 g/mol. The molecule has 2 atom stereocenters. The maximum absolute atomic E-state index is 13.0. The number of aryl methyl sites for hydroxylation is 1.